The number of benzene rings is 2. The summed E-state index contributed by atoms with van der Waals surface area (Å²) < 4.78 is 0. The number of allylic oxidation sites excluding steroid dienone is 1. The van der Waals surface area contributed by atoms with Crippen LogP contribution in [0.15, 0.2) is 58.8 Å². The predicted octanol–water partition coefficient (Wildman–Crippen LogP) is 5.07. The molecule has 0 aromatic heterocycles. The lowest BCUT2D eigenvalue weighted by Crippen LogP contribution is -2.38. The zero-order chi connectivity index (χ0) is 18.1. The number of phenols is 1. The summed E-state index contributed by atoms with van der Waals surface area (Å²) in [5, 5.41) is 11.0. The molecule has 0 bridgehead atoms. The number of anilines is 2. The molecule has 1 atom stereocenters. The molecule has 2 aromatic carbocycles. The fraction of sp³-hybridized carbons (Fsp3) is 0.364. The van der Waals surface area contributed by atoms with Crippen LogP contribution in [-0.4, -0.2) is 36.7 Å². The van der Waals surface area contributed by atoms with Crippen molar-refractivity contribution in [1.29, 1.82) is 0 Å². The summed E-state index contributed by atoms with van der Waals surface area (Å²) >= 11 is 1.75. The Hall–Kier alpha value is -1.91. The van der Waals surface area contributed by atoms with Crippen molar-refractivity contribution < 1.29 is 5.11 Å². The summed E-state index contributed by atoms with van der Waals surface area (Å²) in [6, 6.07) is 12.7. The maximum Gasteiger partial charge on any atom is 0.143 e. The molecular formula is C22H26N2OS. The van der Waals surface area contributed by atoms with Crippen LogP contribution in [0.1, 0.15) is 18.4 Å². The zero-order valence-electron chi connectivity index (χ0n) is 15.3. The van der Waals surface area contributed by atoms with Crippen molar-refractivity contribution in [3.63, 3.8) is 0 Å². The van der Waals surface area contributed by atoms with E-state index in [1.54, 1.807) is 11.8 Å². The highest BCUT2D eigenvalue weighted by molar-refractivity contribution is 7.99. The van der Waals surface area contributed by atoms with E-state index in [9.17, 15) is 5.11 Å². The van der Waals surface area contributed by atoms with Crippen molar-refractivity contribution in [1.82, 2.24) is 4.90 Å². The number of fused-ring (bicyclic) bond motifs is 2. The molecule has 136 valence electrons. The van der Waals surface area contributed by atoms with E-state index in [-0.39, 0.29) is 0 Å². The van der Waals surface area contributed by atoms with Crippen LogP contribution in [0.2, 0.25) is 0 Å². The second-order valence-corrected chi connectivity index (χ2v) is 8.45. The lowest BCUT2D eigenvalue weighted by Gasteiger charge is -2.38. The van der Waals surface area contributed by atoms with Crippen molar-refractivity contribution in [3.05, 3.63) is 54.6 Å². The molecule has 0 spiro atoms. The van der Waals surface area contributed by atoms with Gasteiger partial charge in [-0.05, 0) is 62.5 Å². The smallest absolute Gasteiger partial charge is 0.143 e. The summed E-state index contributed by atoms with van der Waals surface area (Å²) in [7, 11) is 2.21. The van der Waals surface area contributed by atoms with E-state index in [2.05, 4.69) is 53.8 Å². The SMILES string of the molecule is C=CCc1ccc2c(c1O)N(CC1CCCN(C)C1)c1ccccc1S2. The van der Waals surface area contributed by atoms with Gasteiger partial charge in [-0.2, -0.15) is 0 Å². The van der Waals surface area contributed by atoms with Crippen molar-refractivity contribution in [2.75, 3.05) is 31.6 Å². The van der Waals surface area contributed by atoms with E-state index in [0.29, 0.717) is 18.1 Å². The predicted molar refractivity (Wildman–Crippen MR) is 110 cm³/mol. The van der Waals surface area contributed by atoms with Gasteiger partial charge in [0, 0.05) is 22.9 Å². The highest BCUT2D eigenvalue weighted by Gasteiger charge is 2.30. The number of likely N-dealkylation sites (tertiary alicyclic amines) is 1. The fourth-order valence-electron chi connectivity index (χ4n) is 4.14. The van der Waals surface area contributed by atoms with E-state index in [0.717, 1.165) is 29.2 Å². The number of phenolic OH excluding ortho intramolecular Hbond substituents is 1. The third kappa shape index (κ3) is 3.24. The molecule has 0 radical (unpaired) electrons. The number of para-hydroxylation sites is 1. The standard InChI is InChI=1S/C22H26N2OS/c1-3-7-17-11-12-20-21(22(17)25)24(15-16-8-6-13-23(2)14-16)18-9-4-5-10-19(18)26-20/h3-5,9-12,16,25H,1,6-8,13-15H2,2H3. The van der Waals surface area contributed by atoms with Gasteiger partial charge in [-0.3, -0.25) is 0 Å². The second-order valence-electron chi connectivity index (χ2n) is 7.36. The molecule has 0 aliphatic carbocycles. The van der Waals surface area contributed by atoms with Gasteiger partial charge in [0.25, 0.3) is 0 Å². The molecule has 2 aliphatic rings. The van der Waals surface area contributed by atoms with Gasteiger partial charge < -0.3 is 14.9 Å². The molecule has 4 rings (SSSR count). The lowest BCUT2D eigenvalue weighted by atomic mass is 9.97. The minimum absolute atomic E-state index is 0.411. The normalized spacial score (nSPS) is 19.7. The number of rotatable bonds is 4. The number of hydrogen-bond donors (Lipinski definition) is 1. The molecule has 4 heteroatoms. The molecule has 2 heterocycles. The molecule has 1 fully saturated rings. The molecule has 0 saturated carbocycles. The van der Waals surface area contributed by atoms with Gasteiger partial charge in [-0.25, -0.2) is 0 Å². The Bertz CT molecular complexity index is 820. The number of piperidine rings is 1. The van der Waals surface area contributed by atoms with Crippen LogP contribution in [0, 0.1) is 5.92 Å². The van der Waals surface area contributed by atoms with Crippen LogP contribution in [0.4, 0.5) is 11.4 Å². The Labute approximate surface area is 160 Å². The van der Waals surface area contributed by atoms with Crippen molar-refractivity contribution in [2.24, 2.45) is 5.92 Å². The van der Waals surface area contributed by atoms with Crippen LogP contribution < -0.4 is 4.90 Å². The summed E-state index contributed by atoms with van der Waals surface area (Å²) in [6.07, 6.45) is 5.04. The first kappa shape index (κ1) is 17.5. The van der Waals surface area contributed by atoms with Gasteiger partial charge in [0.2, 0.25) is 0 Å². The molecular weight excluding hydrogens is 340 g/mol. The summed E-state index contributed by atoms with van der Waals surface area (Å²) in [6.45, 7) is 7.08. The van der Waals surface area contributed by atoms with E-state index in [1.807, 2.05) is 12.1 Å². The zero-order valence-corrected chi connectivity index (χ0v) is 16.1. The fourth-order valence-corrected chi connectivity index (χ4v) is 5.25. The molecule has 2 aromatic rings. The number of aromatic hydroxyl groups is 1. The van der Waals surface area contributed by atoms with E-state index in [4.69, 9.17) is 0 Å². The van der Waals surface area contributed by atoms with Crippen LogP contribution in [-0.2, 0) is 6.42 Å². The molecule has 1 N–H and O–H groups in total. The third-order valence-corrected chi connectivity index (χ3v) is 6.49. The van der Waals surface area contributed by atoms with Crippen LogP contribution in [0.3, 0.4) is 0 Å². The van der Waals surface area contributed by atoms with Crippen LogP contribution in [0.25, 0.3) is 0 Å². The maximum atomic E-state index is 11.0. The lowest BCUT2D eigenvalue weighted by molar-refractivity contribution is 0.213. The van der Waals surface area contributed by atoms with Crippen LogP contribution >= 0.6 is 11.8 Å². The molecule has 26 heavy (non-hydrogen) atoms. The van der Waals surface area contributed by atoms with E-state index >= 15 is 0 Å². The summed E-state index contributed by atoms with van der Waals surface area (Å²) in [5.74, 6) is 1.02. The molecule has 3 nitrogen and oxygen atoms in total. The van der Waals surface area contributed by atoms with Crippen molar-refractivity contribution in [3.8, 4) is 5.75 Å². The summed E-state index contributed by atoms with van der Waals surface area (Å²) in [4.78, 5) is 7.18. The molecule has 1 unspecified atom stereocenters. The summed E-state index contributed by atoms with van der Waals surface area (Å²) in [5.41, 5.74) is 3.13. The molecule has 2 aliphatic heterocycles. The maximum absolute atomic E-state index is 11.0. The highest BCUT2D eigenvalue weighted by Crippen LogP contribution is 2.52. The minimum atomic E-state index is 0.411. The average molecular weight is 367 g/mol. The Kier molecular flexibility index (Phi) is 4.96. The first-order valence-corrected chi connectivity index (χ1v) is 10.2. The highest BCUT2D eigenvalue weighted by atomic mass is 32.2. The van der Waals surface area contributed by atoms with Crippen LogP contribution in [0.5, 0.6) is 5.75 Å². The first-order valence-electron chi connectivity index (χ1n) is 9.36. The Balaban J connectivity index is 1.76. The van der Waals surface area contributed by atoms with E-state index in [1.165, 1.54) is 30.0 Å². The molecule has 1 saturated heterocycles. The second kappa shape index (κ2) is 7.37. The van der Waals surface area contributed by atoms with E-state index < -0.39 is 0 Å². The quantitative estimate of drug-likeness (QED) is 0.765. The molecule has 0 amide bonds. The Morgan fingerprint density at radius 3 is 2.88 bits per heavy atom. The Morgan fingerprint density at radius 1 is 1.23 bits per heavy atom. The number of hydrogen-bond acceptors (Lipinski definition) is 4. The third-order valence-electron chi connectivity index (χ3n) is 5.37. The largest absolute Gasteiger partial charge is 0.505 e. The van der Waals surface area contributed by atoms with Gasteiger partial charge in [-0.1, -0.05) is 36.0 Å². The van der Waals surface area contributed by atoms with Gasteiger partial charge in [0.05, 0.1) is 11.4 Å². The first-order chi connectivity index (χ1) is 12.7. The average Bonchev–Trinajstić information content (AvgIpc) is 2.64. The minimum Gasteiger partial charge on any atom is -0.505 e. The van der Waals surface area contributed by atoms with Gasteiger partial charge in [-0.15, -0.1) is 6.58 Å². The van der Waals surface area contributed by atoms with Crippen molar-refractivity contribution >= 4 is 23.1 Å². The topological polar surface area (TPSA) is 26.7 Å². The van der Waals surface area contributed by atoms with Gasteiger partial charge in [0.1, 0.15) is 5.75 Å². The number of nitrogens with zero attached hydrogens (tertiary/aromatic N) is 2. The monoisotopic (exact) mass is 366 g/mol. The van der Waals surface area contributed by atoms with Gasteiger partial charge in [0.15, 0.2) is 0 Å². The Morgan fingerprint density at radius 2 is 2.08 bits per heavy atom. The van der Waals surface area contributed by atoms with Gasteiger partial charge >= 0.3 is 0 Å². The van der Waals surface area contributed by atoms with Crippen molar-refractivity contribution in [2.45, 2.75) is 29.1 Å².